The minimum atomic E-state index is -3.06. The second-order valence-electron chi connectivity index (χ2n) is 4.47. The Morgan fingerprint density at radius 1 is 1.31 bits per heavy atom. The van der Waals surface area contributed by atoms with Gasteiger partial charge in [0.25, 0.3) is 0 Å². The van der Waals surface area contributed by atoms with E-state index in [0.29, 0.717) is 18.2 Å². The standard InChI is InChI=1S/C10H22N2O2S.ClH/c1-9(11-2)7-12-15(13,14)8-10-5-3-4-6-10;/h9-12H,3-8H2,1-2H3;1H. The number of nitrogens with one attached hydrogen (secondary N) is 2. The SMILES string of the molecule is CNC(C)CNS(=O)(=O)CC1CCCC1.Cl. The second kappa shape index (κ2) is 7.48. The average molecular weight is 271 g/mol. The van der Waals surface area contributed by atoms with Gasteiger partial charge in [0.15, 0.2) is 0 Å². The zero-order valence-corrected chi connectivity index (χ0v) is 11.7. The van der Waals surface area contributed by atoms with Crippen LogP contribution >= 0.6 is 12.4 Å². The van der Waals surface area contributed by atoms with Crippen molar-refractivity contribution in [2.45, 2.75) is 38.6 Å². The van der Waals surface area contributed by atoms with Crippen molar-refractivity contribution in [1.82, 2.24) is 10.0 Å². The van der Waals surface area contributed by atoms with E-state index in [-0.39, 0.29) is 18.4 Å². The maximum atomic E-state index is 11.7. The van der Waals surface area contributed by atoms with Crippen molar-refractivity contribution in [2.24, 2.45) is 5.92 Å². The van der Waals surface area contributed by atoms with Crippen LogP contribution in [0.15, 0.2) is 0 Å². The monoisotopic (exact) mass is 270 g/mol. The van der Waals surface area contributed by atoms with E-state index < -0.39 is 10.0 Å². The Morgan fingerprint density at radius 2 is 1.88 bits per heavy atom. The first-order chi connectivity index (χ1) is 7.03. The van der Waals surface area contributed by atoms with Crippen LogP contribution in [0, 0.1) is 5.92 Å². The molecule has 1 saturated carbocycles. The van der Waals surface area contributed by atoms with Gasteiger partial charge in [-0.3, -0.25) is 0 Å². The number of hydrogen-bond acceptors (Lipinski definition) is 3. The molecule has 98 valence electrons. The lowest BCUT2D eigenvalue weighted by Gasteiger charge is -2.14. The molecule has 0 saturated heterocycles. The Morgan fingerprint density at radius 3 is 2.38 bits per heavy atom. The van der Waals surface area contributed by atoms with Crippen LogP contribution < -0.4 is 10.0 Å². The van der Waals surface area contributed by atoms with E-state index in [0.717, 1.165) is 12.8 Å². The highest BCUT2D eigenvalue weighted by Gasteiger charge is 2.22. The summed E-state index contributed by atoms with van der Waals surface area (Å²) in [6, 6.07) is 0.184. The third kappa shape index (κ3) is 6.03. The number of rotatable bonds is 6. The molecule has 1 unspecified atom stereocenters. The Labute approximate surface area is 105 Å². The molecule has 0 amide bonds. The lowest BCUT2D eigenvalue weighted by molar-refractivity contribution is 0.532. The molecule has 0 aromatic carbocycles. The van der Waals surface area contributed by atoms with Gasteiger partial charge in [-0.05, 0) is 32.7 Å². The molecule has 1 rings (SSSR count). The van der Waals surface area contributed by atoms with Crippen molar-refractivity contribution in [3.63, 3.8) is 0 Å². The average Bonchev–Trinajstić information content (AvgIpc) is 2.66. The summed E-state index contributed by atoms with van der Waals surface area (Å²) < 4.78 is 26.0. The Bertz CT molecular complexity index is 277. The number of hydrogen-bond donors (Lipinski definition) is 2. The molecule has 0 spiro atoms. The van der Waals surface area contributed by atoms with Crippen molar-refractivity contribution in [1.29, 1.82) is 0 Å². The van der Waals surface area contributed by atoms with Gasteiger partial charge in [-0.2, -0.15) is 0 Å². The van der Waals surface area contributed by atoms with E-state index >= 15 is 0 Å². The van der Waals surface area contributed by atoms with Gasteiger partial charge in [0.05, 0.1) is 5.75 Å². The van der Waals surface area contributed by atoms with Gasteiger partial charge in [-0.1, -0.05) is 12.8 Å². The first-order valence-corrected chi connectivity index (χ1v) is 7.33. The summed E-state index contributed by atoms with van der Waals surface area (Å²) in [6.45, 7) is 2.43. The third-order valence-electron chi connectivity index (χ3n) is 3.03. The van der Waals surface area contributed by atoms with Gasteiger partial charge in [0.2, 0.25) is 10.0 Å². The van der Waals surface area contributed by atoms with E-state index in [1.165, 1.54) is 12.8 Å². The highest BCUT2D eigenvalue weighted by molar-refractivity contribution is 7.89. The number of likely N-dealkylation sites (N-methyl/N-ethyl adjacent to an activating group) is 1. The molecule has 1 fully saturated rings. The van der Waals surface area contributed by atoms with Crippen LogP contribution in [0.5, 0.6) is 0 Å². The van der Waals surface area contributed by atoms with E-state index in [1.807, 2.05) is 14.0 Å². The summed E-state index contributed by atoms with van der Waals surface area (Å²) in [5.74, 6) is 0.691. The Balaban J connectivity index is 0.00000225. The summed E-state index contributed by atoms with van der Waals surface area (Å²) >= 11 is 0. The lowest BCUT2D eigenvalue weighted by Crippen LogP contribution is -2.39. The van der Waals surface area contributed by atoms with Crippen LogP contribution in [0.2, 0.25) is 0 Å². The summed E-state index contributed by atoms with van der Waals surface area (Å²) in [6.07, 6.45) is 4.52. The quantitative estimate of drug-likeness (QED) is 0.761. The topological polar surface area (TPSA) is 58.2 Å². The van der Waals surface area contributed by atoms with Crippen molar-refractivity contribution >= 4 is 22.4 Å². The fourth-order valence-corrected chi connectivity index (χ4v) is 3.48. The summed E-state index contributed by atoms with van der Waals surface area (Å²) in [4.78, 5) is 0. The van der Waals surface area contributed by atoms with Crippen molar-refractivity contribution in [3.8, 4) is 0 Å². The van der Waals surface area contributed by atoms with Gasteiger partial charge in [-0.15, -0.1) is 12.4 Å². The van der Waals surface area contributed by atoms with Gasteiger partial charge in [0, 0.05) is 12.6 Å². The normalized spacial score (nSPS) is 19.4. The molecule has 0 bridgehead atoms. The molecule has 4 nitrogen and oxygen atoms in total. The molecule has 1 aliphatic rings. The summed E-state index contributed by atoms with van der Waals surface area (Å²) in [5, 5.41) is 3.00. The molecule has 0 aromatic heterocycles. The predicted molar refractivity (Wildman–Crippen MR) is 69.5 cm³/mol. The van der Waals surface area contributed by atoms with Gasteiger partial charge < -0.3 is 5.32 Å². The number of halogens is 1. The second-order valence-corrected chi connectivity index (χ2v) is 6.32. The summed E-state index contributed by atoms with van der Waals surface area (Å²) in [5.41, 5.74) is 0. The molecule has 0 heterocycles. The van der Waals surface area contributed by atoms with Crippen LogP contribution in [0.1, 0.15) is 32.6 Å². The predicted octanol–water partition coefficient (Wildman–Crippen LogP) is 1.13. The molecular formula is C10H23ClN2O2S. The van der Waals surface area contributed by atoms with E-state index in [2.05, 4.69) is 10.0 Å². The molecule has 1 atom stereocenters. The zero-order chi connectivity index (χ0) is 11.3. The van der Waals surface area contributed by atoms with Crippen LogP contribution in [0.25, 0.3) is 0 Å². The Kier molecular flexibility index (Phi) is 7.55. The first kappa shape index (κ1) is 16.2. The maximum absolute atomic E-state index is 11.7. The van der Waals surface area contributed by atoms with Crippen molar-refractivity contribution in [2.75, 3.05) is 19.3 Å². The zero-order valence-electron chi connectivity index (χ0n) is 10.0. The fraction of sp³-hybridized carbons (Fsp3) is 1.00. The van der Waals surface area contributed by atoms with Gasteiger partial charge >= 0.3 is 0 Å². The summed E-state index contributed by atoms with van der Waals surface area (Å²) in [7, 11) is -1.23. The molecule has 0 aliphatic heterocycles. The van der Waals surface area contributed by atoms with Gasteiger partial charge in [-0.25, -0.2) is 13.1 Å². The van der Waals surface area contributed by atoms with Crippen LogP contribution in [-0.2, 0) is 10.0 Å². The van der Waals surface area contributed by atoms with E-state index in [4.69, 9.17) is 0 Å². The van der Waals surface area contributed by atoms with Gasteiger partial charge in [0.1, 0.15) is 0 Å². The molecule has 16 heavy (non-hydrogen) atoms. The third-order valence-corrected chi connectivity index (χ3v) is 4.55. The van der Waals surface area contributed by atoms with Crippen molar-refractivity contribution in [3.05, 3.63) is 0 Å². The van der Waals surface area contributed by atoms with Crippen molar-refractivity contribution < 1.29 is 8.42 Å². The highest BCUT2D eigenvalue weighted by atomic mass is 35.5. The van der Waals surface area contributed by atoms with Crippen LogP contribution in [-0.4, -0.2) is 33.8 Å². The molecular weight excluding hydrogens is 248 g/mol. The highest BCUT2D eigenvalue weighted by Crippen LogP contribution is 2.25. The minimum Gasteiger partial charge on any atom is -0.316 e. The van der Waals surface area contributed by atoms with Crippen LogP contribution in [0.4, 0.5) is 0 Å². The van der Waals surface area contributed by atoms with Crippen LogP contribution in [0.3, 0.4) is 0 Å². The molecule has 1 aliphatic carbocycles. The smallest absolute Gasteiger partial charge is 0.211 e. The van der Waals surface area contributed by atoms with E-state index in [9.17, 15) is 8.42 Å². The fourth-order valence-electron chi connectivity index (χ4n) is 1.90. The Hall–Kier alpha value is 0.160. The van der Waals surface area contributed by atoms with E-state index in [1.54, 1.807) is 0 Å². The minimum absolute atomic E-state index is 0. The number of sulfonamides is 1. The largest absolute Gasteiger partial charge is 0.316 e. The maximum Gasteiger partial charge on any atom is 0.211 e. The lowest BCUT2D eigenvalue weighted by atomic mass is 10.1. The molecule has 2 N–H and O–H groups in total. The molecule has 0 aromatic rings. The molecule has 0 radical (unpaired) electrons. The molecule has 6 heteroatoms. The first-order valence-electron chi connectivity index (χ1n) is 5.68.